The molecule has 2 rings (SSSR count). The summed E-state index contributed by atoms with van der Waals surface area (Å²) < 4.78 is 13.3. The Morgan fingerprint density at radius 3 is 2.94 bits per heavy atom. The Kier molecular flexibility index (Phi) is 4.24. The quantitative estimate of drug-likeness (QED) is 0.867. The van der Waals surface area contributed by atoms with Crippen LogP contribution < -0.4 is 10.1 Å². The normalized spacial score (nSPS) is 25.3. The van der Waals surface area contributed by atoms with Gasteiger partial charge in [-0.3, -0.25) is 4.68 Å². The van der Waals surface area contributed by atoms with Crippen molar-refractivity contribution >= 4 is 0 Å². The lowest BCUT2D eigenvalue weighted by Crippen LogP contribution is -2.33. The van der Waals surface area contributed by atoms with Crippen molar-refractivity contribution in [2.24, 2.45) is 7.05 Å². The maximum atomic E-state index is 6.00. The van der Waals surface area contributed by atoms with Gasteiger partial charge in [0.1, 0.15) is 0 Å². The van der Waals surface area contributed by atoms with E-state index in [1.165, 1.54) is 0 Å². The molecule has 0 aliphatic carbocycles. The molecule has 3 atom stereocenters. The Hall–Kier alpha value is -1.07. The smallest absolute Gasteiger partial charge is 0.161 e. The maximum absolute atomic E-state index is 6.00. The van der Waals surface area contributed by atoms with Crippen molar-refractivity contribution < 1.29 is 9.47 Å². The standard InChI is InChI=1S/C13H23N3O2/c1-5-14-12(10-7-6-9(2)18-10)13-11(17-4)8-15-16(13)3/h8-10,12,14H,5-7H2,1-4H3. The van der Waals surface area contributed by atoms with Crippen LogP contribution in [0.15, 0.2) is 6.20 Å². The molecule has 0 aromatic carbocycles. The minimum Gasteiger partial charge on any atom is -0.493 e. The van der Waals surface area contributed by atoms with Gasteiger partial charge >= 0.3 is 0 Å². The fourth-order valence-electron chi connectivity index (χ4n) is 2.64. The molecule has 102 valence electrons. The second-order valence-corrected chi connectivity index (χ2v) is 4.82. The van der Waals surface area contributed by atoms with Gasteiger partial charge < -0.3 is 14.8 Å². The highest BCUT2D eigenvalue weighted by atomic mass is 16.5. The molecule has 18 heavy (non-hydrogen) atoms. The molecule has 2 heterocycles. The number of nitrogens with zero attached hydrogens (tertiary/aromatic N) is 2. The first kappa shape index (κ1) is 13.4. The molecule has 3 unspecified atom stereocenters. The Morgan fingerprint density at radius 2 is 2.39 bits per heavy atom. The molecule has 1 fully saturated rings. The zero-order chi connectivity index (χ0) is 13.1. The molecular weight excluding hydrogens is 230 g/mol. The third kappa shape index (κ3) is 2.52. The van der Waals surface area contributed by atoms with Crippen molar-refractivity contribution in [2.75, 3.05) is 13.7 Å². The maximum Gasteiger partial charge on any atom is 0.161 e. The summed E-state index contributed by atoms with van der Waals surface area (Å²) in [5.74, 6) is 0.826. The van der Waals surface area contributed by atoms with Gasteiger partial charge in [0.25, 0.3) is 0 Å². The van der Waals surface area contributed by atoms with Gasteiger partial charge in [0.2, 0.25) is 0 Å². The van der Waals surface area contributed by atoms with Gasteiger partial charge in [0.05, 0.1) is 37.3 Å². The van der Waals surface area contributed by atoms with Crippen LogP contribution in [0.4, 0.5) is 0 Å². The molecule has 5 nitrogen and oxygen atoms in total. The van der Waals surface area contributed by atoms with Crippen LogP contribution >= 0.6 is 0 Å². The van der Waals surface area contributed by atoms with Crippen LogP contribution in [0.25, 0.3) is 0 Å². The van der Waals surface area contributed by atoms with Gasteiger partial charge in [-0.05, 0) is 26.3 Å². The average molecular weight is 253 g/mol. The van der Waals surface area contributed by atoms with E-state index in [1.54, 1.807) is 13.3 Å². The van der Waals surface area contributed by atoms with Crippen LogP contribution in [-0.4, -0.2) is 35.6 Å². The van der Waals surface area contributed by atoms with Crippen molar-refractivity contribution in [1.29, 1.82) is 0 Å². The lowest BCUT2D eigenvalue weighted by atomic mass is 10.0. The topological polar surface area (TPSA) is 48.3 Å². The molecule has 1 aliphatic heterocycles. The van der Waals surface area contributed by atoms with Crippen LogP contribution in [-0.2, 0) is 11.8 Å². The Labute approximate surface area is 108 Å². The van der Waals surface area contributed by atoms with E-state index in [9.17, 15) is 0 Å². The van der Waals surface area contributed by atoms with Crippen molar-refractivity contribution in [2.45, 2.75) is 44.9 Å². The summed E-state index contributed by atoms with van der Waals surface area (Å²) in [6.45, 7) is 5.13. The van der Waals surface area contributed by atoms with Gasteiger partial charge in [-0.2, -0.15) is 5.10 Å². The predicted molar refractivity (Wildman–Crippen MR) is 69.7 cm³/mol. The third-order valence-electron chi connectivity index (χ3n) is 3.52. The minimum atomic E-state index is 0.141. The third-order valence-corrected chi connectivity index (χ3v) is 3.52. The van der Waals surface area contributed by atoms with Crippen molar-refractivity contribution in [3.05, 3.63) is 11.9 Å². The molecule has 1 saturated heterocycles. The summed E-state index contributed by atoms with van der Waals surface area (Å²) in [4.78, 5) is 0. The van der Waals surface area contributed by atoms with E-state index in [2.05, 4.69) is 24.3 Å². The number of nitrogens with one attached hydrogen (secondary N) is 1. The summed E-state index contributed by atoms with van der Waals surface area (Å²) in [6.07, 6.45) is 4.50. The van der Waals surface area contributed by atoms with E-state index in [0.29, 0.717) is 6.10 Å². The SMILES string of the molecule is CCNC(c1c(OC)cnn1C)C1CCC(C)O1. The van der Waals surface area contributed by atoms with Crippen molar-refractivity contribution in [3.8, 4) is 5.75 Å². The van der Waals surface area contributed by atoms with Crippen LogP contribution in [0.1, 0.15) is 38.4 Å². The highest BCUT2D eigenvalue weighted by Crippen LogP contribution is 2.34. The second-order valence-electron chi connectivity index (χ2n) is 4.82. The molecule has 0 radical (unpaired) electrons. The molecule has 0 bridgehead atoms. The number of likely N-dealkylation sites (N-methyl/N-ethyl adjacent to an activating group) is 1. The van der Waals surface area contributed by atoms with Crippen molar-refractivity contribution in [3.63, 3.8) is 0 Å². The van der Waals surface area contributed by atoms with Gasteiger partial charge in [0.15, 0.2) is 5.75 Å². The Bertz CT molecular complexity index is 392. The summed E-state index contributed by atoms with van der Waals surface area (Å²) in [6, 6.07) is 0.141. The van der Waals surface area contributed by atoms with E-state index in [1.807, 2.05) is 11.7 Å². The van der Waals surface area contributed by atoms with E-state index in [0.717, 1.165) is 30.8 Å². The summed E-state index contributed by atoms with van der Waals surface area (Å²) in [5, 5.41) is 7.77. The zero-order valence-corrected chi connectivity index (χ0v) is 11.6. The number of methoxy groups -OCH3 is 1. The molecule has 1 aromatic rings. The number of aromatic nitrogens is 2. The number of aryl methyl sites for hydroxylation is 1. The molecule has 1 aliphatic rings. The Morgan fingerprint density at radius 1 is 1.61 bits per heavy atom. The van der Waals surface area contributed by atoms with Gasteiger partial charge in [-0.1, -0.05) is 6.92 Å². The first-order valence-electron chi connectivity index (χ1n) is 6.62. The van der Waals surface area contributed by atoms with Gasteiger partial charge in [0, 0.05) is 7.05 Å². The van der Waals surface area contributed by atoms with Crippen LogP contribution in [0.5, 0.6) is 5.75 Å². The molecule has 0 saturated carbocycles. The van der Waals surface area contributed by atoms with E-state index >= 15 is 0 Å². The average Bonchev–Trinajstić information content (AvgIpc) is 2.93. The number of hydrogen-bond donors (Lipinski definition) is 1. The fourth-order valence-corrected chi connectivity index (χ4v) is 2.64. The highest BCUT2D eigenvalue weighted by Gasteiger charge is 2.33. The predicted octanol–water partition coefficient (Wildman–Crippen LogP) is 1.65. The lowest BCUT2D eigenvalue weighted by Gasteiger charge is -2.25. The number of ether oxygens (including phenoxy) is 2. The highest BCUT2D eigenvalue weighted by molar-refractivity contribution is 5.29. The molecule has 0 amide bonds. The van der Waals surface area contributed by atoms with Crippen molar-refractivity contribution in [1.82, 2.24) is 15.1 Å². The molecule has 1 N–H and O–H groups in total. The Balaban J connectivity index is 2.26. The first-order valence-corrected chi connectivity index (χ1v) is 6.62. The first-order chi connectivity index (χ1) is 8.67. The zero-order valence-electron chi connectivity index (χ0n) is 11.6. The van der Waals surface area contributed by atoms with E-state index in [-0.39, 0.29) is 12.1 Å². The lowest BCUT2D eigenvalue weighted by molar-refractivity contribution is 0.0296. The molecule has 1 aromatic heterocycles. The van der Waals surface area contributed by atoms with Crippen LogP contribution in [0, 0.1) is 0 Å². The summed E-state index contributed by atoms with van der Waals surface area (Å²) in [7, 11) is 3.63. The molecular formula is C13H23N3O2. The van der Waals surface area contributed by atoms with Gasteiger partial charge in [-0.15, -0.1) is 0 Å². The van der Waals surface area contributed by atoms with E-state index < -0.39 is 0 Å². The molecule has 5 heteroatoms. The summed E-state index contributed by atoms with van der Waals surface area (Å²) >= 11 is 0. The van der Waals surface area contributed by atoms with E-state index in [4.69, 9.17) is 9.47 Å². The van der Waals surface area contributed by atoms with Gasteiger partial charge in [-0.25, -0.2) is 0 Å². The number of hydrogen-bond acceptors (Lipinski definition) is 4. The monoisotopic (exact) mass is 253 g/mol. The van der Waals surface area contributed by atoms with Crippen LogP contribution in [0.2, 0.25) is 0 Å². The second kappa shape index (κ2) is 5.71. The minimum absolute atomic E-state index is 0.141. The largest absolute Gasteiger partial charge is 0.493 e. The van der Waals surface area contributed by atoms with Crippen LogP contribution in [0.3, 0.4) is 0 Å². The molecule has 0 spiro atoms. The summed E-state index contributed by atoms with van der Waals surface area (Å²) in [5.41, 5.74) is 1.07. The number of rotatable bonds is 5. The fraction of sp³-hybridized carbons (Fsp3) is 0.769.